The molecule has 0 saturated heterocycles. The summed E-state index contributed by atoms with van der Waals surface area (Å²) in [7, 11) is 0. The summed E-state index contributed by atoms with van der Waals surface area (Å²) in [5, 5.41) is 24.9. The second-order valence-electron chi connectivity index (χ2n) is 32.7. The number of imide groups is 3. The Morgan fingerprint density at radius 2 is 0.750 bits per heavy atom. The Kier molecular flexibility index (Phi) is 15.2. The van der Waals surface area contributed by atoms with E-state index in [1.54, 1.807) is 0 Å². The zero-order chi connectivity index (χ0) is 68.4. The number of hydrogen-bond acceptors (Lipinski definition) is 9. The van der Waals surface area contributed by atoms with E-state index in [9.17, 15) is 38.7 Å². The predicted molar refractivity (Wildman–Crippen MR) is 386 cm³/mol. The molecule has 0 radical (unpaired) electrons. The van der Waals surface area contributed by atoms with E-state index in [0.29, 0.717) is 98.5 Å². The number of ether oxygens (including phenoxy) is 1. The van der Waals surface area contributed by atoms with Crippen LogP contribution in [0.5, 0.6) is 0 Å². The molecule has 12 nitrogen and oxygen atoms in total. The lowest BCUT2D eigenvalue weighted by Gasteiger charge is -2.41. The normalized spacial score (nSPS) is 15.9. The molecule has 10 aromatic carbocycles. The first-order valence-corrected chi connectivity index (χ1v) is 35.0. The molecule has 12 heteroatoms. The van der Waals surface area contributed by atoms with Crippen molar-refractivity contribution in [1.29, 1.82) is 0 Å². The second-order valence-corrected chi connectivity index (χ2v) is 32.7. The minimum atomic E-state index is -0.719. The maximum Gasteiger partial charge on any atom is 0.261 e. The Balaban J connectivity index is 0.645. The van der Waals surface area contributed by atoms with Crippen molar-refractivity contribution in [1.82, 2.24) is 14.7 Å². The first kappa shape index (κ1) is 64.7. The Morgan fingerprint density at radius 1 is 0.365 bits per heavy atom. The molecule has 10 aromatic rings. The maximum absolute atomic E-state index is 14.8. The average molecular weight is 1280 g/mol. The fraction of sp³-hybridized carbons (Fsp3) is 0.417. The lowest BCUT2D eigenvalue weighted by molar-refractivity contribution is -0.0378. The van der Waals surface area contributed by atoms with Crippen LogP contribution in [-0.2, 0) is 4.74 Å². The Hall–Kier alpha value is -8.61. The smallest absolute Gasteiger partial charge is 0.261 e. The maximum atomic E-state index is 14.8. The van der Waals surface area contributed by atoms with Gasteiger partial charge >= 0.3 is 0 Å². The van der Waals surface area contributed by atoms with Crippen LogP contribution in [0.15, 0.2) is 103 Å². The third-order valence-corrected chi connectivity index (χ3v) is 23.1. The first-order chi connectivity index (χ1) is 45.3. The van der Waals surface area contributed by atoms with Crippen molar-refractivity contribution in [3.8, 4) is 0 Å². The highest BCUT2D eigenvalue weighted by Gasteiger charge is 2.45. The first-order valence-electron chi connectivity index (χ1n) is 35.0. The number of unbranched alkanes of at least 4 members (excludes halogenated alkanes) is 2. The van der Waals surface area contributed by atoms with Gasteiger partial charge in [0, 0.05) is 96.9 Å². The van der Waals surface area contributed by atoms with Gasteiger partial charge in [0.25, 0.3) is 35.4 Å². The largest absolute Gasteiger partial charge is 0.507 e. The van der Waals surface area contributed by atoms with Gasteiger partial charge in [-0.3, -0.25) is 48.3 Å². The van der Waals surface area contributed by atoms with Crippen LogP contribution in [0.3, 0.4) is 0 Å². The number of Topliss-reactive ketones (excluding diaryl/α,β-unsaturated/α-hetero) is 1. The molecule has 0 aromatic heterocycles. The Morgan fingerprint density at radius 3 is 1.18 bits per heavy atom. The van der Waals surface area contributed by atoms with Crippen LogP contribution >= 0.6 is 0 Å². The third-order valence-electron chi connectivity index (χ3n) is 23.1. The van der Waals surface area contributed by atoms with Gasteiger partial charge < -0.3 is 9.84 Å². The van der Waals surface area contributed by atoms with Crippen molar-refractivity contribution in [2.45, 2.75) is 185 Å². The number of carbonyl (C=O) groups is 7. The topological polar surface area (TPSA) is 159 Å². The van der Waals surface area contributed by atoms with E-state index < -0.39 is 22.0 Å². The fourth-order valence-electron chi connectivity index (χ4n) is 16.8. The summed E-state index contributed by atoms with van der Waals surface area (Å²) in [6.45, 7) is 30.3. The van der Waals surface area contributed by atoms with Crippen LogP contribution in [0.4, 0.5) is 0 Å². The molecule has 0 unspecified atom stereocenters. The molecule has 494 valence electrons. The van der Waals surface area contributed by atoms with E-state index in [4.69, 9.17) is 4.74 Å². The summed E-state index contributed by atoms with van der Waals surface area (Å²) < 4.78 is 6.57. The van der Waals surface area contributed by atoms with Crippen LogP contribution < -0.4 is 0 Å². The molecule has 1 N–H and O–H groups in total. The van der Waals surface area contributed by atoms with Gasteiger partial charge in [0.05, 0.1) is 5.60 Å². The van der Waals surface area contributed by atoms with Crippen LogP contribution in [-0.4, -0.2) is 91.9 Å². The number of aliphatic hydroxyl groups excluding tert-OH is 1. The number of nitrogens with zero attached hydrogens (tertiary/aromatic N) is 3. The number of amides is 6. The van der Waals surface area contributed by atoms with Crippen molar-refractivity contribution < 1.29 is 43.4 Å². The summed E-state index contributed by atoms with van der Waals surface area (Å²) >= 11 is 0. The van der Waals surface area contributed by atoms with Crippen molar-refractivity contribution in [2.75, 3.05) is 19.7 Å². The van der Waals surface area contributed by atoms with Crippen LogP contribution in [0, 0.1) is 21.7 Å². The highest BCUT2D eigenvalue weighted by molar-refractivity contribution is 6.43. The van der Waals surface area contributed by atoms with Gasteiger partial charge in [-0.1, -0.05) is 143 Å². The van der Waals surface area contributed by atoms with Crippen LogP contribution in [0.2, 0.25) is 0 Å². The van der Waals surface area contributed by atoms with E-state index in [1.165, 1.54) is 21.1 Å². The number of hydrogen-bond donors (Lipinski definition) is 1. The van der Waals surface area contributed by atoms with Gasteiger partial charge in [0.2, 0.25) is 0 Å². The zero-order valence-corrected chi connectivity index (χ0v) is 58.4. The highest BCUT2D eigenvalue weighted by atomic mass is 16.5. The molecule has 0 saturated carbocycles. The van der Waals surface area contributed by atoms with Gasteiger partial charge in [0.1, 0.15) is 5.76 Å². The summed E-state index contributed by atoms with van der Waals surface area (Å²) in [5.41, 5.74) is 2.16. The summed E-state index contributed by atoms with van der Waals surface area (Å²) in [6, 6.07) is 30.5. The van der Waals surface area contributed by atoms with Crippen molar-refractivity contribution in [3.05, 3.63) is 147 Å². The van der Waals surface area contributed by atoms with Crippen LogP contribution in [0.1, 0.15) is 252 Å². The van der Waals surface area contributed by atoms with Gasteiger partial charge in [-0.15, -0.1) is 0 Å². The van der Waals surface area contributed by atoms with E-state index >= 15 is 0 Å². The number of allylic oxidation sites excluding steroid dienone is 1. The molecule has 6 amide bonds. The molecule has 3 aliphatic heterocycles. The SMILES string of the molecule is CCCCCC(C)(C)CCC(C)(C)N1C(=O)c2ccc3c4ccc5c6c(ccc(c7ccc(c2c37)C1=O)c64)C(=O)N(CC(C)(C)CCOC(C)(C)CCCN1C(=O)c2ccc3c4ccc6c7c(ccc(c8ccc(c2c38)C1=O)c74)C(O)=C(C(C)(C)CCC(C)(C)CC)C6=O)C5=O. The van der Waals surface area contributed by atoms with Gasteiger partial charge in [-0.05, 0) is 214 Å². The number of aliphatic hydroxyl groups is 1. The molecule has 14 rings (SSSR count). The minimum Gasteiger partial charge on any atom is -0.507 e. The second kappa shape index (κ2) is 22.5. The highest BCUT2D eigenvalue weighted by Crippen LogP contribution is 2.53. The number of rotatable bonds is 23. The lowest BCUT2D eigenvalue weighted by Crippen LogP contribution is -2.53. The minimum absolute atomic E-state index is 0.0332. The summed E-state index contributed by atoms with van der Waals surface area (Å²) in [5.74, 6) is -2.14. The Bertz CT molecular complexity index is 4920. The van der Waals surface area contributed by atoms with Gasteiger partial charge in [0.15, 0.2) is 5.78 Å². The summed E-state index contributed by atoms with van der Waals surface area (Å²) in [4.78, 5) is 107. The average Bonchev–Trinajstić information content (AvgIpc) is 0.696. The van der Waals surface area contributed by atoms with E-state index in [-0.39, 0.29) is 70.9 Å². The van der Waals surface area contributed by atoms with Crippen molar-refractivity contribution in [2.24, 2.45) is 21.7 Å². The molecule has 0 spiro atoms. The fourth-order valence-corrected chi connectivity index (χ4v) is 16.8. The third kappa shape index (κ3) is 10.0. The summed E-state index contributed by atoms with van der Waals surface area (Å²) in [6.07, 6.45) is 10.4. The molecule has 0 atom stereocenters. The van der Waals surface area contributed by atoms with Gasteiger partial charge in [-0.2, -0.15) is 0 Å². The van der Waals surface area contributed by atoms with Crippen molar-refractivity contribution in [3.63, 3.8) is 0 Å². The molecule has 96 heavy (non-hydrogen) atoms. The van der Waals surface area contributed by atoms with E-state index in [2.05, 4.69) is 55.4 Å². The zero-order valence-electron chi connectivity index (χ0n) is 58.4. The van der Waals surface area contributed by atoms with E-state index in [1.807, 2.05) is 139 Å². The van der Waals surface area contributed by atoms with Crippen LogP contribution in [0.25, 0.3) is 91.9 Å². The predicted octanol–water partition coefficient (Wildman–Crippen LogP) is 20.1. The number of ketones is 1. The van der Waals surface area contributed by atoms with Gasteiger partial charge in [-0.25, -0.2) is 0 Å². The molecule has 4 aliphatic rings. The molecule has 3 heterocycles. The molecule has 0 bridgehead atoms. The molecular formula is C84H89N3O9. The standard InChI is InChI=1S/C84H89N3O9/c1-15-17-18-36-80(5,6)39-41-83(11,12)87-77(94)60-34-26-52-50-24-32-58-68-59(33-25-51(64(50)68)53-27-35-61(78(87)95)69(60)65(52)53)76(93)86(75(58)92)45-81(7,8)42-44-96-84(13,14)37-19-43-85-73(90)56-30-22-48-46-20-28-54-66-55(72(89)70(71(54)88)82(9,10)40-38-79(3,4)16-2)29-21-47(62(46)66)49-23-31-57(74(85)91)67(56)63(48)49/h20-35,88H,15-19,36-45H2,1-14H3. The van der Waals surface area contributed by atoms with Crippen molar-refractivity contribution >= 4 is 133 Å². The quantitative estimate of drug-likeness (QED) is 0.0285. The van der Waals surface area contributed by atoms with E-state index in [0.717, 1.165) is 115 Å². The number of fused-ring (bicyclic) bond motifs is 4. The number of carbonyl (C=O) groups excluding carboxylic acids is 7. The molecular weight excluding hydrogens is 1190 g/mol. The molecule has 1 aliphatic carbocycles. The Labute approximate surface area is 562 Å². The monoisotopic (exact) mass is 1280 g/mol. The lowest BCUT2D eigenvalue weighted by atomic mass is 9.69. The molecule has 0 fully saturated rings. The number of benzene rings is 10.